The highest BCUT2D eigenvalue weighted by Crippen LogP contribution is 2.35. The van der Waals surface area contributed by atoms with Gasteiger partial charge < -0.3 is 14.6 Å². The highest BCUT2D eigenvalue weighted by atomic mass is 19.4. The van der Waals surface area contributed by atoms with Crippen LogP contribution >= 0.6 is 0 Å². The van der Waals surface area contributed by atoms with E-state index in [0.29, 0.717) is 0 Å². The number of amides is 1. The first-order valence-corrected chi connectivity index (χ1v) is 12.3. The summed E-state index contributed by atoms with van der Waals surface area (Å²) in [7, 11) is 1.33. The summed E-state index contributed by atoms with van der Waals surface area (Å²) in [5.74, 6) is -0.440. The molecular formula is C29H26F3N5O2. The van der Waals surface area contributed by atoms with Gasteiger partial charge in [0.1, 0.15) is 17.1 Å². The number of ether oxygens (including phenoxy) is 1. The van der Waals surface area contributed by atoms with Crippen molar-refractivity contribution in [2.75, 3.05) is 12.4 Å². The number of benzene rings is 3. The zero-order valence-electron chi connectivity index (χ0n) is 21.5. The summed E-state index contributed by atoms with van der Waals surface area (Å²) in [5, 5.41) is 5.91. The Morgan fingerprint density at radius 1 is 1.08 bits per heavy atom. The molecule has 10 heteroatoms. The van der Waals surface area contributed by atoms with Gasteiger partial charge >= 0.3 is 6.18 Å². The van der Waals surface area contributed by atoms with Crippen LogP contribution in [0.1, 0.15) is 34.1 Å². The fourth-order valence-corrected chi connectivity index (χ4v) is 4.43. The summed E-state index contributed by atoms with van der Waals surface area (Å²) in [6.07, 6.45) is -0.206. The minimum atomic E-state index is -4.55. The Balaban J connectivity index is 1.42. The van der Waals surface area contributed by atoms with Crippen LogP contribution in [-0.2, 0) is 12.6 Å². The lowest BCUT2D eigenvalue weighted by Crippen LogP contribution is -2.16. The number of halogens is 3. The molecule has 0 saturated carbocycles. The predicted octanol–water partition coefficient (Wildman–Crippen LogP) is 6.81. The maximum absolute atomic E-state index is 13.2. The number of alkyl halides is 3. The van der Waals surface area contributed by atoms with E-state index < -0.39 is 17.6 Å². The summed E-state index contributed by atoms with van der Waals surface area (Å²) < 4.78 is 48.6. The van der Waals surface area contributed by atoms with Crippen LogP contribution in [0.3, 0.4) is 0 Å². The van der Waals surface area contributed by atoms with Gasteiger partial charge in [0.05, 0.1) is 41.8 Å². The number of aromatic nitrogens is 4. The van der Waals surface area contributed by atoms with E-state index in [1.165, 1.54) is 13.2 Å². The van der Waals surface area contributed by atoms with Crippen molar-refractivity contribution in [3.05, 3.63) is 102 Å². The van der Waals surface area contributed by atoms with Crippen molar-refractivity contribution in [1.82, 2.24) is 19.3 Å². The topological polar surface area (TPSA) is 76.9 Å². The molecule has 0 aliphatic heterocycles. The molecule has 0 aliphatic carbocycles. The van der Waals surface area contributed by atoms with E-state index in [1.807, 2.05) is 52.7 Å². The van der Waals surface area contributed by atoms with Crippen LogP contribution in [0.4, 0.5) is 18.9 Å². The molecule has 7 nitrogen and oxygen atoms in total. The van der Waals surface area contributed by atoms with Crippen molar-refractivity contribution in [1.29, 1.82) is 0 Å². The monoisotopic (exact) mass is 533 g/mol. The van der Waals surface area contributed by atoms with E-state index in [2.05, 4.69) is 22.3 Å². The SMILES string of the molecule is CCc1c(-c2cn(-c3cc(C(=O)Nc4cc(C(F)(F)F)ccc4OC)ccc3C)cn2)[nH]n1-c1ccccc1. The highest BCUT2D eigenvalue weighted by molar-refractivity contribution is 6.05. The van der Waals surface area contributed by atoms with Crippen molar-refractivity contribution < 1.29 is 22.7 Å². The van der Waals surface area contributed by atoms with Crippen LogP contribution in [0.5, 0.6) is 5.75 Å². The number of nitrogens with zero attached hydrogens (tertiary/aromatic N) is 3. The van der Waals surface area contributed by atoms with Gasteiger partial charge in [0.2, 0.25) is 0 Å². The molecule has 0 unspecified atom stereocenters. The van der Waals surface area contributed by atoms with E-state index in [1.54, 1.807) is 24.5 Å². The zero-order valence-corrected chi connectivity index (χ0v) is 21.5. The van der Waals surface area contributed by atoms with E-state index in [0.717, 1.165) is 52.6 Å². The van der Waals surface area contributed by atoms with E-state index in [9.17, 15) is 18.0 Å². The third-order valence-corrected chi connectivity index (χ3v) is 6.49. The number of imidazole rings is 1. The maximum atomic E-state index is 13.2. The standard InChI is InChI=1S/C29H26F3N5O2/c1-4-24-27(35-37(24)21-8-6-5-7-9-21)23-16-36(17-33-23)25-14-19(11-10-18(25)2)28(38)34-22-15-20(29(30,31)32)12-13-26(22)39-3/h5-17,35H,4H2,1-3H3,(H,34,38). The van der Waals surface area contributed by atoms with Crippen LogP contribution in [-0.4, -0.2) is 32.3 Å². The second-order valence-corrected chi connectivity index (χ2v) is 8.99. The molecule has 0 radical (unpaired) electrons. The third kappa shape index (κ3) is 5.05. The summed E-state index contributed by atoms with van der Waals surface area (Å²) in [6.45, 7) is 3.98. The van der Waals surface area contributed by atoms with Gasteiger partial charge in [-0.1, -0.05) is 31.2 Å². The average molecular weight is 534 g/mol. The minimum Gasteiger partial charge on any atom is -0.495 e. The number of nitrogens with one attached hydrogen (secondary N) is 2. The summed E-state index contributed by atoms with van der Waals surface area (Å²) in [4.78, 5) is 17.6. The highest BCUT2D eigenvalue weighted by Gasteiger charge is 2.31. The molecule has 5 aromatic rings. The van der Waals surface area contributed by atoms with Gasteiger partial charge in [-0.25, -0.2) is 4.98 Å². The van der Waals surface area contributed by atoms with E-state index >= 15 is 0 Å². The smallest absolute Gasteiger partial charge is 0.416 e. The molecule has 0 saturated heterocycles. The number of carbonyl (C=O) groups is 1. The Kier molecular flexibility index (Phi) is 6.78. The number of carbonyl (C=O) groups excluding carboxylic acids is 1. The summed E-state index contributed by atoms with van der Waals surface area (Å²) in [5.41, 5.74) is 4.74. The number of anilines is 1. The van der Waals surface area contributed by atoms with Gasteiger partial charge in [-0.05, 0) is 61.4 Å². The number of para-hydroxylation sites is 1. The summed E-state index contributed by atoms with van der Waals surface area (Å²) >= 11 is 0. The first-order chi connectivity index (χ1) is 18.7. The van der Waals surface area contributed by atoms with E-state index in [-0.39, 0.29) is 17.0 Å². The van der Waals surface area contributed by atoms with Gasteiger partial charge in [-0.15, -0.1) is 0 Å². The minimum absolute atomic E-state index is 0.0672. The van der Waals surface area contributed by atoms with Crippen molar-refractivity contribution in [2.24, 2.45) is 0 Å². The average Bonchev–Trinajstić information content (AvgIpc) is 3.38. The van der Waals surface area contributed by atoms with Gasteiger partial charge in [-0.2, -0.15) is 13.2 Å². The molecule has 2 N–H and O–H groups in total. The lowest BCUT2D eigenvalue weighted by molar-refractivity contribution is -0.137. The van der Waals surface area contributed by atoms with Crippen LogP contribution in [0.25, 0.3) is 22.8 Å². The predicted molar refractivity (Wildman–Crippen MR) is 143 cm³/mol. The quantitative estimate of drug-likeness (QED) is 0.241. The normalized spacial score (nSPS) is 11.5. The van der Waals surface area contributed by atoms with Crippen LogP contribution in [0.15, 0.2) is 79.3 Å². The second kappa shape index (κ2) is 10.2. The molecule has 1 amide bonds. The van der Waals surface area contributed by atoms with Gasteiger partial charge in [0, 0.05) is 11.8 Å². The molecule has 0 bridgehead atoms. The second-order valence-electron chi connectivity index (χ2n) is 8.99. The molecule has 0 atom stereocenters. The van der Waals surface area contributed by atoms with Gasteiger partial charge in [-0.3, -0.25) is 14.6 Å². The Hall–Kier alpha value is -4.73. The number of hydrogen-bond donors (Lipinski definition) is 2. The van der Waals surface area contributed by atoms with Crippen molar-refractivity contribution in [2.45, 2.75) is 26.4 Å². The fourth-order valence-electron chi connectivity index (χ4n) is 4.43. The fraction of sp³-hybridized carbons (Fsp3) is 0.172. The first-order valence-electron chi connectivity index (χ1n) is 12.3. The summed E-state index contributed by atoms with van der Waals surface area (Å²) in [6, 6.07) is 18.0. The Labute approximate surface area is 222 Å². The van der Waals surface area contributed by atoms with Crippen molar-refractivity contribution in [3.8, 4) is 28.5 Å². The molecule has 2 heterocycles. The third-order valence-electron chi connectivity index (χ3n) is 6.49. The van der Waals surface area contributed by atoms with E-state index in [4.69, 9.17) is 4.74 Å². The first kappa shape index (κ1) is 25.9. The van der Waals surface area contributed by atoms with Crippen molar-refractivity contribution in [3.63, 3.8) is 0 Å². The van der Waals surface area contributed by atoms with Crippen LogP contribution < -0.4 is 10.1 Å². The number of aromatic amines is 1. The largest absolute Gasteiger partial charge is 0.495 e. The van der Waals surface area contributed by atoms with Gasteiger partial charge in [0.15, 0.2) is 0 Å². The number of hydrogen-bond acceptors (Lipinski definition) is 3. The molecule has 0 fully saturated rings. The Bertz CT molecular complexity index is 1630. The molecule has 0 aliphatic rings. The molecule has 200 valence electrons. The lowest BCUT2D eigenvalue weighted by Gasteiger charge is -2.22. The lowest BCUT2D eigenvalue weighted by atomic mass is 10.1. The Morgan fingerprint density at radius 3 is 2.54 bits per heavy atom. The van der Waals surface area contributed by atoms with Crippen LogP contribution in [0, 0.1) is 6.92 Å². The maximum Gasteiger partial charge on any atom is 0.416 e. The molecule has 39 heavy (non-hydrogen) atoms. The van der Waals surface area contributed by atoms with Crippen molar-refractivity contribution >= 4 is 11.6 Å². The number of H-pyrrole nitrogens is 1. The molecule has 3 aromatic carbocycles. The Morgan fingerprint density at radius 2 is 1.85 bits per heavy atom. The molecule has 0 spiro atoms. The molecular weight excluding hydrogens is 507 g/mol. The number of rotatable bonds is 7. The van der Waals surface area contributed by atoms with Crippen LogP contribution in [0.2, 0.25) is 0 Å². The number of aryl methyl sites for hydroxylation is 1. The molecule has 5 rings (SSSR count). The molecule has 2 aromatic heterocycles. The van der Waals surface area contributed by atoms with Gasteiger partial charge in [0.25, 0.3) is 5.91 Å². The number of methoxy groups -OCH3 is 1. The zero-order chi connectivity index (χ0) is 27.7.